The van der Waals surface area contributed by atoms with Crippen LogP contribution in [-0.4, -0.2) is 14.1 Å². The Morgan fingerprint density at radius 2 is 1.12 bits per heavy atom. The van der Waals surface area contributed by atoms with Gasteiger partial charge in [-0.2, -0.15) is 12.1 Å². The molecule has 3 aromatic heterocycles. The number of fused-ring (bicyclic) bond motifs is 10. The summed E-state index contributed by atoms with van der Waals surface area (Å²) in [7, 11) is 0. The Morgan fingerprint density at radius 1 is 0.548 bits per heavy atom. The zero-order valence-electron chi connectivity index (χ0n) is 44.8. The van der Waals surface area contributed by atoms with Crippen molar-refractivity contribution >= 4 is 76.5 Å². The van der Waals surface area contributed by atoms with Gasteiger partial charge in [0.25, 0.3) is 0 Å². The fourth-order valence-electron chi connectivity index (χ4n) is 10.6. The van der Waals surface area contributed by atoms with Crippen molar-refractivity contribution in [3.8, 4) is 28.4 Å². The molecule has 73 heavy (non-hydrogen) atoms. The molecule has 6 heteroatoms. The second kappa shape index (κ2) is 18.0. The van der Waals surface area contributed by atoms with Gasteiger partial charge in [-0.05, 0) is 130 Å². The second-order valence-electron chi connectivity index (χ2n) is 22.3. The zero-order chi connectivity index (χ0) is 51.5. The van der Waals surface area contributed by atoms with Crippen LogP contribution in [0.2, 0.25) is 0 Å². The number of rotatable bonds is 6. The average molecular weight is 1130 g/mol. The monoisotopic (exact) mass is 1130 g/mol. The van der Waals surface area contributed by atoms with Crippen LogP contribution in [0, 0.1) is 24.2 Å². The van der Waals surface area contributed by atoms with Gasteiger partial charge in [-0.25, -0.2) is 4.98 Å². The molecule has 0 bridgehead atoms. The van der Waals surface area contributed by atoms with E-state index in [2.05, 4.69) is 202 Å². The Labute approximate surface area is 446 Å². The molecule has 8 aromatic carbocycles. The molecule has 0 fully saturated rings. The first-order valence-electron chi connectivity index (χ1n) is 26.0. The first-order valence-corrected chi connectivity index (χ1v) is 25.0. The van der Waals surface area contributed by atoms with Crippen LogP contribution in [0.1, 0.15) is 81.7 Å². The largest absolute Gasteiger partial charge is 0.509 e. The molecule has 0 N–H and O–H groups in total. The molecule has 0 unspecified atom stereocenters. The molecule has 12 rings (SSSR count). The predicted octanol–water partition coefficient (Wildman–Crippen LogP) is 18.1. The Balaban J connectivity index is 0.00000602. The molecule has 0 saturated heterocycles. The maximum atomic E-state index is 9.08. The van der Waals surface area contributed by atoms with Gasteiger partial charge in [0.1, 0.15) is 5.82 Å². The van der Waals surface area contributed by atoms with Crippen LogP contribution in [0.3, 0.4) is 0 Å². The van der Waals surface area contributed by atoms with Gasteiger partial charge in [0.2, 0.25) is 0 Å². The number of para-hydroxylation sites is 3. The van der Waals surface area contributed by atoms with E-state index in [4.69, 9.17) is 12.5 Å². The average Bonchev–Trinajstić information content (AvgIpc) is 3.97. The summed E-state index contributed by atoms with van der Waals surface area (Å²) >= 11 is 0. The van der Waals surface area contributed by atoms with Crippen LogP contribution in [0.4, 0.5) is 11.4 Å². The van der Waals surface area contributed by atoms with E-state index in [9.17, 15) is 0 Å². The van der Waals surface area contributed by atoms with Crippen LogP contribution in [0.15, 0.2) is 176 Å². The quantitative estimate of drug-likeness (QED) is 0.156. The van der Waals surface area contributed by atoms with Gasteiger partial charge in [-0.3, -0.25) is 0 Å². The normalized spacial score (nSPS) is 13.4. The number of pyridine rings is 1. The van der Waals surface area contributed by atoms with E-state index < -0.39 is 11.8 Å². The number of hydrogen-bond donors (Lipinski definition) is 0. The zero-order valence-corrected chi connectivity index (χ0v) is 45.1. The maximum absolute atomic E-state index is 9.08. The molecule has 0 saturated carbocycles. The van der Waals surface area contributed by atoms with Crippen molar-refractivity contribution in [3.63, 3.8) is 0 Å². The molecule has 0 aliphatic carbocycles. The van der Waals surface area contributed by atoms with Gasteiger partial charge in [0, 0.05) is 52.7 Å². The molecule has 5 nitrogen and oxygen atoms in total. The van der Waals surface area contributed by atoms with Gasteiger partial charge < -0.3 is 18.8 Å². The molecular weight excluding hydrogens is 1070 g/mol. The van der Waals surface area contributed by atoms with E-state index in [1.165, 1.54) is 32.8 Å². The number of nitrogens with zero attached hydrogens (tertiary/aromatic N) is 4. The Bertz CT molecular complexity index is 4120. The molecule has 4 heterocycles. The third-order valence-electron chi connectivity index (χ3n) is 14.0. The Hall–Kier alpha value is -7.33. The molecule has 0 atom stereocenters. The Morgan fingerprint density at radius 3 is 1.78 bits per heavy atom. The molecular formula is C67H59N4OPt-3. The molecule has 0 spiro atoms. The van der Waals surface area contributed by atoms with Crippen LogP contribution in [0.25, 0.3) is 82.1 Å². The summed E-state index contributed by atoms with van der Waals surface area (Å²) in [4.78, 5) is 7.05. The van der Waals surface area contributed by atoms with E-state index in [1.807, 2.05) is 57.2 Å². The van der Waals surface area contributed by atoms with Gasteiger partial charge in [0.05, 0.1) is 0 Å². The summed E-state index contributed by atoms with van der Waals surface area (Å²) in [6.07, 6.45) is 0.100. The van der Waals surface area contributed by atoms with E-state index >= 15 is 0 Å². The molecule has 11 aromatic rings. The van der Waals surface area contributed by atoms with E-state index in [0.29, 0.717) is 22.9 Å². The summed E-state index contributed by atoms with van der Waals surface area (Å²) in [5.41, 5.74) is 10.5. The van der Waals surface area contributed by atoms with Crippen molar-refractivity contribution in [1.29, 1.82) is 0 Å². The molecule has 0 radical (unpaired) electrons. The number of benzene rings is 8. The van der Waals surface area contributed by atoms with Crippen molar-refractivity contribution in [2.75, 3.05) is 4.90 Å². The van der Waals surface area contributed by atoms with E-state index in [0.717, 1.165) is 65.9 Å². The van der Waals surface area contributed by atoms with E-state index in [1.54, 1.807) is 12.3 Å². The second-order valence-corrected chi connectivity index (χ2v) is 22.3. The van der Waals surface area contributed by atoms with Gasteiger partial charge in [0.15, 0.2) is 0 Å². The SMILES string of the molecule is [2H]C([2H])(c1ccnc(-n2c3[c-]c(Oc4[c-]c(N5[CH-]n6c7c(-c8cc(C(C)(C)C)cc(C(C)(C)C)c8)cccc7c7ccccc7c7ccccc7c7cccc5c76)ccc4)ccc3c3ccccc32)c1)C(C)(C)C.[Pt]. The van der Waals surface area contributed by atoms with Crippen molar-refractivity contribution < 1.29 is 28.5 Å². The molecule has 1 aliphatic rings. The first-order chi connectivity index (χ1) is 35.3. The van der Waals surface area contributed by atoms with Gasteiger partial charge in [-0.1, -0.05) is 189 Å². The summed E-state index contributed by atoms with van der Waals surface area (Å²) in [5.74, 6) is 1.68. The number of aromatic nitrogens is 3. The number of ether oxygens (including phenoxy) is 1. The summed E-state index contributed by atoms with van der Waals surface area (Å²) in [6, 6.07) is 67.5. The summed E-state index contributed by atoms with van der Waals surface area (Å²) in [5, 5.41) is 9.02. The number of anilines is 2. The smallest absolute Gasteiger partial charge is 0.135 e. The van der Waals surface area contributed by atoms with Crippen LogP contribution >= 0.6 is 0 Å². The van der Waals surface area contributed by atoms with Crippen LogP contribution in [-0.2, 0) is 38.3 Å². The first kappa shape index (κ1) is 45.5. The van der Waals surface area contributed by atoms with Gasteiger partial charge in [-0.15, -0.1) is 35.7 Å². The minimum atomic E-state index is -1.60. The Kier molecular flexibility index (Phi) is 11.2. The maximum Gasteiger partial charge on any atom is 0.135 e. The fourth-order valence-corrected chi connectivity index (χ4v) is 10.6. The fraction of sp³-hybridized carbons (Fsp3) is 0.194. The van der Waals surface area contributed by atoms with Gasteiger partial charge >= 0.3 is 0 Å². The number of hydrogen-bond acceptors (Lipinski definition) is 3. The third-order valence-corrected chi connectivity index (χ3v) is 14.0. The minimum absolute atomic E-state index is 0. The molecule has 1 aliphatic heterocycles. The van der Waals surface area contributed by atoms with Crippen molar-refractivity contribution in [1.82, 2.24) is 14.1 Å². The van der Waals surface area contributed by atoms with Crippen molar-refractivity contribution in [2.45, 2.75) is 79.5 Å². The topological polar surface area (TPSA) is 35.2 Å². The standard InChI is InChI=1S/C67H59N4O.Pt/c1-65(2,3)41-43-33-34-68-62(35-43)71-59-29-15-14-25-55(59)56-32-31-49(40-61(56)71)72-48-20-16-19-47(39-48)69-42-70-63-50(44-36-45(66(4,5)6)38-46(37-44)67(7,8)9)26-17-27-57(63)53-23-12-10-21-51(53)52-22-11-13-24-54(52)58-28-18-30-60(69)64(58)70;/h10-38,42H,41H2,1-9H3;/q-3;/i41D2;. The van der Waals surface area contributed by atoms with E-state index in [-0.39, 0.29) is 31.9 Å². The van der Waals surface area contributed by atoms with Crippen LogP contribution in [0.5, 0.6) is 11.5 Å². The van der Waals surface area contributed by atoms with Crippen LogP contribution < -0.4 is 9.64 Å². The minimum Gasteiger partial charge on any atom is -0.509 e. The summed E-state index contributed by atoms with van der Waals surface area (Å²) in [6.45, 7) is 21.8. The predicted molar refractivity (Wildman–Crippen MR) is 303 cm³/mol. The van der Waals surface area contributed by atoms with Crippen molar-refractivity contribution in [2.24, 2.45) is 5.41 Å². The molecule has 366 valence electrons. The third kappa shape index (κ3) is 8.62. The molecule has 0 amide bonds. The van der Waals surface area contributed by atoms with Crippen molar-refractivity contribution in [3.05, 3.63) is 212 Å². The summed E-state index contributed by atoms with van der Waals surface area (Å²) < 4.78 is 29.4.